The zero-order chi connectivity index (χ0) is 13.1. The summed E-state index contributed by atoms with van der Waals surface area (Å²) in [4.78, 5) is 21.0. The molecule has 3 rings (SSSR count). The van der Waals surface area contributed by atoms with E-state index in [9.17, 15) is 4.79 Å². The first-order valence-electron chi connectivity index (χ1n) is 6.98. The number of carbonyl (C=O) groups is 1. The van der Waals surface area contributed by atoms with Crippen LogP contribution in [0.15, 0.2) is 11.6 Å². The summed E-state index contributed by atoms with van der Waals surface area (Å²) in [7, 11) is 0. The molecule has 3 heterocycles. The SMILES string of the molecule is O=C(C1CCCNC1)N1CCN(c2nccs2)CC1. The van der Waals surface area contributed by atoms with Crippen LogP contribution in [-0.4, -0.2) is 55.1 Å². The van der Waals surface area contributed by atoms with E-state index in [1.165, 1.54) is 0 Å². The van der Waals surface area contributed by atoms with Crippen LogP contribution >= 0.6 is 11.3 Å². The second-order valence-corrected chi connectivity index (χ2v) is 6.04. The van der Waals surface area contributed by atoms with Gasteiger partial charge in [-0.15, -0.1) is 11.3 Å². The quantitative estimate of drug-likeness (QED) is 0.870. The molecule has 6 heteroatoms. The number of hydrogen-bond acceptors (Lipinski definition) is 5. The summed E-state index contributed by atoms with van der Waals surface area (Å²) in [6.07, 6.45) is 4.00. The standard InChI is InChI=1S/C13H20N4OS/c18-12(11-2-1-3-14-10-11)16-5-7-17(8-6-16)13-15-4-9-19-13/h4,9,11,14H,1-3,5-8,10H2. The highest BCUT2D eigenvalue weighted by Gasteiger charge is 2.28. The highest BCUT2D eigenvalue weighted by atomic mass is 32.1. The van der Waals surface area contributed by atoms with Crippen molar-refractivity contribution in [2.75, 3.05) is 44.2 Å². The van der Waals surface area contributed by atoms with Crippen LogP contribution in [0, 0.1) is 5.92 Å². The zero-order valence-electron chi connectivity index (χ0n) is 11.0. The van der Waals surface area contributed by atoms with E-state index in [2.05, 4.69) is 15.2 Å². The molecule has 1 unspecified atom stereocenters. The van der Waals surface area contributed by atoms with Crippen LogP contribution in [0.25, 0.3) is 0 Å². The van der Waals surface area contributed by atoms with Crippen LogP contribution in [0.3, 0.4) is 0 Å². The van der Waals surface area contributed by atoms with Gasteiger partial charge >= 0.3 is 0 Å². The lowest BCUT2D eigenvalue weighted by Gasteiger charge is -2.37. The maximum atomic E-state index is 12.4. The van der Waals surface area contributed by atoms with Crippen molar-refractivity contribution >= 4 is 22.4 Å². The average Bonchev–Trinajstić information content (AvgIpc) is 3.02. The number of piperidine rings is 1. The molecule has 0 saturated carbocycles. The Balaban J connectivity index is 1.53. The van der Waals surface area contributed by atoms with Gasteiger partial charge in [0.15, 0.2) is 5.13 Å². The summed E-state index contributed by atoms with van der Waals surface area (Å²) < 4.78 is 0. The first-order valence-corrected chi connectivity index (χ1v) is 7.86. The second-order valence-electron chi connectivity index (χ2n) is 5.17. The predicted molar refractivity (Wildman–Crippen MR) is 76.5 cm³/mol. The Kier molecular flexibility index (Phi) is 3.98. The van der Waals surface area contributed by atoms with E-state index in [1.54, 1.807) is 11.3 Å². The van der Waals surface area contributed by atoms with Gasteiger partial charge in [-0.3, -0.25) is 4.79 Å². The molecule has 19 heavy (non-hydrogen) atoms. The molecule has 104 valence electrons. The number of piperazine rings is 1. The van der Waals surface area contributed by atoms with Gasteiger partial charge in [0.2, 0.25) is 5.91 Å². The number of nitrogens with one attached hydrogen (secondary N) is 1. The van der Waals surface area contributed by atoms with E-state index in [0.29, 0.717) is 5.91 Å². The van der Waals surface area contributed by atoms with Gasteiger partial charge in [0.1, 0.15) is 0 Å². The van der Waals surface area contributed by atoms with Gasteiger partial charge < -0.3 is 15.1 Å². The number of amides is 1. The highest BCUT2D eigenvalue weighted by Crippen LogP contribution is 2.20. The Morgan fingerprint density at radius 1 is 1.37 bits per heavy atom. The third kappa shape index (κ3) is 2.90. The normalized spacial score (nSPS) is 24.5. The first kappa shape index (κ1) is 12.9. The molecule has 1 aromatic heterocycles. The summed E-state index contributed by atoms with van der Waals surface area (Å²) in [5.41, 5.74) is 0. The predicted octanol–water partition coefficient (Wildman–Crippen LogP) is 0.791. The van der Waals surface area contributed by atoms with Gasteiger partial charge in [0.05, 0.1) is 5.92 Å². The molecule has 0 bridgehead atoms. The fourth-order valence-corrected chi connectivity index (χ4v) is 3.51. The smallest absolute Gasteiger partial charge is 0.227 e. The minimum Gasteiger partial charge on any atom is -0.345 e. The lowest BCUT2D eigenvalue weighted by molar-refractivity contribution is -0.136. The molecule has 2 fully saturated rings. The van der Waals surface area contributed by atoms with Crippen molar-refractivity contribution in [1.82, 2.24) is 15.2 Å². The van der Waals surface area contributed by atoms with E-state index in [0.717, 1.165) is 57.2 Å². The van der Waals surface area contributed by atoms with Crippen LogP contribution in [0.5, 0.6) is 0 Å². The number of hydrogen-bond donors (Lipinski definition) is 1. The molecule has 0 aromatic carbocycles. The Hall–Kier alpha value is -1.14. The monoisotopic (exact) mass is 280 g/mol. The molecule has 2 saturated heterocycles. The second kappa shape index (κ2) is 5.88. The maximum Gasteiger partial charge on any atom is 0.227 e. The van der Waals surface area contributed by atoms with Crippen molar-refractivity contribution < 1.29 is 4.79 Å². The molecule has 1 amide bonds. The van der Waals surface area contributed by atoms with E-state index in [-0.39, 0.29) is 5.92 Å². The van der Waals surface area contributed by atoms with Crippen LogP contribution in [-0.2, 0) is 4.79 Å². The van der Waals surface area contributed by atoms with Crippen LogP contribution < -0.4 is 10.2 Å². The molecule has 2 aliphatic heterocycles. The maximum absolute atomic E-state index is 12.4. The van der Waals surface area contributed by atoms with Gasteiger partial charge in [0, 0.05) is 44.3 Å². The number of rotatable bonds is 2. The van der Waals surface area contributed by atoms with Gasteiger partial charge in [-0.1, -0.05) is 0 Å². The van der Waals surface area contributed by atoms with Gasteiger partial charge in [-0.25, -0.2) is 4.98 Å². The fraction of sp³-hybridized carbons (Fsp3) is 0.692. The molecule has 1 atom stereocenters. The fourth-order valence-electron chi connectivity index (χ4n) is 2.81. The lowest BCUT2D eigenvalue weighted by Crippen LogP contribution is -2.52. The summed E-state index contributed by atoms with van der Waals surface area (Å²) in [6, 6.07) is 0. The topological polar surface area (TPSA) is 48.5 Å². The molecule has 0 spiro atoms. The van der Waals surface area contributed by atoms with Crippen LogP contribution in [0.1, 0.15) is 12.8 Å². The molecular weight excluding hydrogens is 260 g/mol. The van der Waals surface area contributed by atoms with Crippen LogP contribution in [0.4, 0.5) is 5.13 Å². The van der Waals surface area contributed by atoms with Crippen molar-refractivity contribution in [3.63, 3.8) is 0 Å². The Bertz CT molecular complexity index is 408. The largest absolute Gasteiger partial charge is 0.345 e. The third-order valence-corrected chi connectivity index (χ3v) is 4.76. The lowest BCUT2D eigenvalue weighted by atomic mass is 9.98. The van der Waals surface area contributed by atoms with Crippen molar-refractivity contribution in [1.29, 1.82) is 0 Å². The Morgan fingerprint density at radius 3 is 2.84 bits per heavy atom. The number of anilines is 1. The van der Waals surface area contributed by atoms with E-state index < -0.39 is 0 Å². The number of nitrogens with zero attached hydrogens (tertiary/aromatic N) is 3. The zero-order valence-corrected chi connectivity index (χ0v) is 11.9. The Morgan fingerprint density at radius 2 is 2.21 bits per heavy atom. The van der Waals surface area contributed by atoms with Gasteiger partial charge in [-0.05, 0) is 19.4 Å². The minimum absolute atomic E-state index is 0.195. The molecule has 1 N–H and O–H groups in total. The summed E-state index contributed by atoms with van der Waals surface area (Å²) in [6.45, 7) is 5.37. The molecule has 2 aliphatic rings. The van der Waals surface area contributed by atoms with E-state index in [4.69, 9.17) is 0 Å². The van der Waals surface area contributed by atoms with E-state index >= 15 is 0 Å². The first-order chi connectivity index (χ1) is 9.34. The van der Waals surface area contributed by atoms with Crippen LogP contribution in [0.2, 0.25) is 0 Å². The highest BCUT2D eigenvalue weighted by molar-refractivity contribution is 7.13. The number of thiazole rings is 1. The molecule has 0 aliphatic carbocycles. The summed E-state index contributed by atoms with van der Waals surface area (Å²) in [5.74, 6) is 0.533. The van der Waals surface area contributed by atoms with Crippen molar-refractivity contribution in [3.8, 4) is 0 Å². The molecule has 0 radical (unpaired) electrons. The summed E-state index contributed by atoms with van der Waals surface area (Å²) >= 11 is 1.67. The Labute approximate surface area is 117 Å². The van der Waals surface area contributed by atoms with Crippen molar-refractivity contribution in [3.05, 3.63) is 11.6 Å². The van der Waals surface area contributed by atoms with Gasteiger partial charge in [-0.2, -0.15) is 0 Å². The van der Waals surface area contributed by atoms with Gasteiger partial charge in [0.25, 0.3) is 0 Å². The average molecular weight is 280 g/mol. The third-order valence-electron chi connectivity index (χ3n) is 3.93. The minimum atomic E-state index is 0.195. The molecular formula is C13H20N4OS. The number of carbonyl (C=O) groups excluding carboxylic acids is 1. The molecule has 5 nitrogen and oxygen atoms in total. The van der Waals surface area contributed by atoms with E-state index in [1.807, 2.05) is 16.5 Å². The van der Waals surface area contributed by atoms with Crippen molar-refractivity contribution in [2.45, 2.75) is 12.8 Å². The van der Waals surface area contributed by atoms with Crippen molar-refractivity contribution in [2.24, 2.45) is 5.92 Å². The molecule has 1 aromatic rings. The number of aromatic nitrogens is 1. The summed E-state index contributed by atoms with van der Waals surface area (Å²) in [5, 5.41) is 6.40.